The molecule has 1 amide bonds. The van der Waals surface area contributed by atoms with E-state index in [2.05, 4.69) is 4.99 Å². The Hall–Kier alpha value is -3.20. The molecule has 0 N–H and O–H groups in total. The highest BCUT2D eigenvalue weighted by Gasteiger charge is 2.16. The summed E-state index contributed by atoms with van der Waals surface area (Å²) in [6.45, 7) is 0.993. The fraction of sp³-hybridized carbons (Fsp3) is 0.176. The van der Waals surface area contributed by atoms with Gasteiger partial charge in [-0.1, -0.05) is 17.4 Å². The summed E-state index contributed by atoms with van der Waals surface area (Å²) < 4.78 is 13.9. The highest BCUT2D eigenvalue weighted by atomic mass is 32.1. The Morgan fingerprint density at radius 2 is 1.96 bits per heavy atom. The predicted octanol–water partition coefficient (Wildman–Crippen LogP) is 2.66. The summed E-state index contributed by atoms with van der Waals surface area (Å²) in [4.78, 5) is 27.4. The minimum atomic E-state index is -0.541. The summed E-state index contributed by atoms with van der Waals surface area (Å²) in [6.07, 6.45) is 0. The number of carbonyl (C=O) groups is 1. The van der Waals surface area contributed by atoms with E-state index in [4.69, 9.17) is 9.47 Å². The van der Waals surface area contributed by atoms with Gasteiger partial charge in [-0.05, 0) is 6.07 Å². The molecule has 26 heavy (non-hydrogen) atoms. The molecule has 2 aromatic carbocycles. The number of carbonyl (C=O) groups excluding carboxylic acids is 1. The number of nitro groups is 1. The van der Waals surface area contributed by atoms with E-state index in [0.717, 1.165) is 10.2 Å². The van der Waals surface area contributed by atoms with Crippen molar-refractivity contribution in [3.63, 3.8) is 0 Å². The van der Waals surface area contributed by atoms with Gasteiger partial charge >= 0.3 is 0 Å². The molecule has 0 saturated carbocycles. The Balaban J connectivity index is 1.78. The standard InChI is InChI=1S/C17H13N3O5S/c1-19-12-8-13-14(25-6-5-24-13)9-15(12)26-17(19)18-16(21)10-3-2-4-11(7-10)20(22)23/h2-4,7-9H,5-6H2,1H3. The molecule has 0 radical (unpaired) electrons. The average molecular weight is 371 g/mol. The molecule has 132 valence electrons. The van der Waals surface area contributed by atoms with Crippen LogP contribution in [0.4, 0.5) is 5.69 Å². The van der Waals surface area contributed by atoms with Crippen LogP contribution in [0.5, 0.6) is 11.5 Å². The Morgan fingerprint density at radius 3 is 2.69 bits per heavy atom. The number of thiazole rings is 1. The molecular weight excluding hydrogens is 358 g/mol. The van der Waals surface area contributed by atoms with E-state index >= 15 is 0 Å². The summed E-state index contributed by atoms with van der Waals surface area (Å²) in [5.74, 6) is 0.795. The van der Waals surface area contributed by atoms with Crippen molar-refractivity contribution in [2.24, 2.45) is 12.0 Å². The number of hydrogen-bond acceptors (Lipinski definition) is 6. The quantitative estimate of drug-likeness (QED) is 0.510. The van der Waals surface area contributed by atoms with Crippen molar-refractivity contribution in [1.82, 2.24) is 4.57 Å². The zero-order valence-electron chi connectivity index (χ0n) is 13.7. The summed E-state index contributed by atoms with van der Waals surface area (Å²) in [5.41, 5.74) is 0.890. The maximum Gasteiger partial charge on any atom is 0.279 e. The SMILES string of the molecule is Cn1c(=NC(=O)c2cccc([N+](=O)[O-])c2)sc2cc3c(cc21)OCCO3. The van der Waals surface area contributed by atoms with Crippen LogP contribution in [0.2, 0.25) is 0 Å². The molecule has 0 atom stereocenters. The smallest absolute Gasteiger partial charge is 0.279 e. The van der Waals surface area contributed by atoms with E-state index in [0.29, 0.717) is 29.5 Å². The number of nitro benzene ring substituents is 1. The van der Waals surface area contributed by atoms with E-state index < -0.39 is 10.8 Å². The van der Waals surface area contributed by atoms with Gasteiger partial charge in [0.2, 0.25) is 0 Å². The lowest BCUT2D eigenvalue weighted by atomic mass is 10.2. The number of non-ortho nitro benzene ring substituents is 1. The Kier molecular flexibility index (Phi) is 3.92. The molecular formula is C17H13N3O5S. The van der Waals surface area contributed by atoms with E-state index in [1.165, 1.54) is 35.6 Å². The van der Waals surface area contributed by atoms with E-state index in [-0.39, 0.29) is 11.3 Å². The third-order valence-electron chi connectivity index (χ3n) is 3.97. The lowest BCUT2D eigenvalue weighted by molar-refractivity contribution is -0.384. The van der Waals surface area contributed by atoms with Crippen molar-refractivity contribution in [3.8, 4) is 11.5 Å². The molecule has 0 spiro atoms. The summed E-state index contributed by atoms with van der Waals surface area (Å²) in [5, 5.41) is 10.9. The highest BCUT2D eigenvalue weighted by Crippen LogP contribution is 2.35. The number of nitrogens with zero attached hydrogens (tertiary/aromatic N) is 3. The average Bonchev–Trinajstić information content (AvgIpc) is 2.95. The first-order chi connectivity index (χ1) is 12.5. The lowest BCUT2D eigenvalue weighted by Crippen LogP contribution is -2.15. The zero-order valence-corrected chi connectivity index (χ0v) is 14.5. The van der Waals surface area contributed by atoms with Gasteiger partial charge in [0.1, 0.15) is 13.2 Å². The fourth-order valence-corrected chi connectivity index (χ4v) is 3.70. The molecule has 4 rings (SSSR count). The van der Waals surface area contributed by atoms with Gasteiger partial charge in [-0.25, -0.2) is 0 Å². The van der Waals surface area contributed by atoms with Gasteiger partial charge in [-0.2, -0.15) is 4.99 Å². The number of rotatable bonds is 2. The molecule has 3 aromatic rings. The number of fused-ring (bicyclic) bond motifs is 2. The third-order valence-corrected chi connectivity index (χ3v) is 5.07. The summed E-state index contributed by atoms with van der Waals surface area (Å²) in [6, 6.07) is 9.25. The molecule has 0 saturated heterocycles. The second-order valence-corrected chi connectivity index (χ2v) is 6.64. The predicted molar refractivity (Wildman–Crippen MR) is 94.8 cm³/mol. The first-order valence-corrected chi connectivity index (χ1v) is 8.57. The van der Waals surface area contributed by atoms with Crippen molar-refractivity contribution in [3.05, 3.63) is 56.9 Å². The van der Waals surface area contributed by atoms with E-state index in [9.17, 15) is 14.9 Å². The van der Waals surface area contributed by atoms with Gasteiger partial charge in [-0.3, -0.25) is 14.9 Å². The van der Waals surface area contributed by atoms with Crippen molar-refractivity contribution >= 4 is 33.1 Å². The zero-order chi connectivity index (χ0) is 18.3. The molecule has 0 aliphatic carbocycles. The topological polar surface area (TPSA) is 96.0 Å². The summed E-state index contributed by atoms with van der Waals surface area (Å²) in [7, 11) is 1.80. The molecule has 2 heterocycles. The van der Waals surface area contributed by atoms with Gasteiger partial charge in [-0.15, -0.1) is 0 Å². The van der Waals surface area contributed by atoms with Crippen LogP contribution in [-0.2, 0) is 7.05 Å². The fourth-order valence-electron chi connectivity index (χ4n) is 2.67. The Morgan fingerprint density at radius 1 is 1.23 bits per heavy atom. The van der Waals surface area contributed by atoms with Crippen molar-refractivity contribution in [2.75, 3.05) is 13.2 Å². The number of benzene rings is 2. The van der Waals surface area contributed by atoms with Crippen LogP contribution < -0.4 is 14.3 Å². The van der Waals surface area contributed by atoms with Gasteiger partial charge in [0.25, 0.3) is 11.6 Å². The van der Waals surface area contributed by atoms with Crippen LogP contribution in [0.1, 0.15) is 10.4 Å². The Labute approximate surface area is 151 Å². The number of aromatic nitrogens is 1. The number of hydrogen-bond donors (Lipinski definition) is 0. The molecule has 1 aliphatic heterocycles. The van der Waals surface area contributed by atoms with Crippen molar-refractivity contribution in [2.45, 2.75) is 0 Å². The van der Waals surface area contributed by atoms with Gasteiger partial charge < -0.3 is 14.0 Å². The molecule has 0 unspecified atom stereocenters. The number of ether oxygens (including phenoxy) is 2. The number of amides is 1. The highest BCUT2D eigenvalue weighted by molar-refractivity contribution is 7.16. The first kappa shape index (κ1) is 16.3. The lowest BCUT2D eigenvalue weighted by Gasteiger charge is -2.18. The minimum Gasteiger partial charge on any atom is -0.486 e. The van der Waals surface area contributed by atoms with Gasteiger partial charge in [0.05, 0.1) is 15.1 Å². The third kappa shape index (κ3) is 2.82. The van der Waals surface area contributed by atoms with Crippen LogP contribution >= 0.6 is 11.3 Å². The van der Waals surface area contributed by atoms with Gasteiger partial charge in [0.15, 0.2) is 16.3 Å². The van der Waals surface area contributed by atoms with Gasteiger partial charge in [0, 0.05) is 36.9 Å². The Bertz CT molecular complexity index is 1120. The molecule has 1 aliphatic rings. The molecule has 1 aromatic heterocycles. The molecule has 8 nitrogen and oxygen atoms in total. The second kappa shape index (κ2) is 6.26. The maximum atomic E-state index is 12.4. The van der Waals surface area contributed by atoms with E-state index in [1.54, 1.807) is 11.6 Å². The van der Waals surface area contributed by atoms with Crippen molar-refractivity contribution in [1.29, 1.82) is 0 Å². The maximum absolute atomic E-state index is 12.4. The van der Waals surface area contributed by atoms with Crippen LogP contribution in [0, 0.1) is 10.1 Å². The van der Waals surface area contributed by atoms with Crippen LogP contribution in [0.3, 0.4) is 0 Å². The van der Waals surface area contributed by atoms with Crippen molar-refractivity contribution < 1.29 is 19.2 Å². The summed E-state index contributed by atoms with van der Waals surface area (Å²) >= 11 is 1.34. The molecule has 0 bridgehead atoms. The monoisotopic (exact) mass is 371 g/mol. The van der Waals surface area contributed by atoms with Crippen LogP contribution in [0.15, 0.2) is 41.4 Å². The second-order valence-electron chi connectivity index (χ2n) is 5.63. The van der Waals surface area contributed by atoms with Crippen LogP contribution in [-0.4, -0.2) is 28.6 Å². The van der Waals surface area contributed by atoms with E-state index in [1.807, 2.05) is 12.1 Å². The normalized spacial score (nSPS) is 13.8. The molecule has 0 fully saturated rings. The van der Waals surface area contributed by atoms with Crippen LogP contribution in [0.25, 0.3) is 10.2 Å². The first-order valence-electron chi connectivity index (χ1n) is 7.75. The molecule has 9 heteroatoms. The largest absolute Gasteiger partial charge is 0.486 e. The minimum absolute atomic E-state index is 0.145. The number of aryl methyl sites for hydroxylation is 1.